The summed E-state index contributed by atoms with van der Waals surface area (Å²) in [5.41, 5.74) is -0.323. The van der Waals surface area contributed by atoms with E-state index in [1.165, 1.54) is 0 Å². The molecule has 0 amide bonds. The largest absolute Gasteiger partial charge is 0.481 e. The van der Waals surface area contributed by atoms with Gasteiger partial charge in [-0.3, -0.25) is 4.79 Å². The Hall–Kier alpha value is -0.570. The first-order valence-electron chi connectivity index (χ1n) is 3.70. The van der Waals surface area contributed by atoms with Gasteiger partial charge in [0.05, 0.1) is 5.41 Å². The summed E-state index contributed by atoms with van der Waals surface area (Å²) in [6.07, 6.45) is 2.52. The van der Waals surface area contributed by atoms with Crippen LogP contribution in [0.25, 0.3) is 0 Å². The van der Waals surface area contributed by atoms with Crippen LogP contribution in [-0.4, -0.2) is 23.7 Å². The molecule has 0 radical (unpaired) electrons. The van der Waals surface area contributed by atoms with E-state index in [-0.39, 0.29) is 5.41 Å². The van der Waals surface area contributed by atoms with E-state index in [0.717, 1.165) is 25.8 Å². The second-order valence-corrected chi connectivity index (χ2v) is 3.39. The molecule has 3 heteroatoms. The molecule has 0 spiro atoms. The molecule has 2 aliphatic heterocycles. The van der Waals surface area contributed by atoms with Crippen molar-refractivity contribution in [2.75, 3.05) is 6.54 Å². The number of nitrogens with one attached hydrogen (secondary N) is 1. The number of fused-ring (bicyclic) bond motifs is 2. The minimum atomic E-state index is -0.592. The highest BCUT2D eigenvalue weighted by Crippen LogP contribution is 2.46. The summed E-state index contributed by atoms with van der Waals surface area (Å²) in [5.74, 6) is -0.592. The van der Waals surface area contributed by atoms with Gasteiger partial charge in [0.15, 0.2) is 0 Å². The highest BCUT2D eigenvalue weighted by atomic mass is 16.4. The van der Waals surface area contributed by atoms with Gasteiger partial charge in [-0.2, -0.15) is 0 Å². The summed E-state index contributed by atoms with van der Waals surface area (Å²) < 4.78 is 0. The maximum atomic E-state index is 10.7. The second kappa shape index (κ2) is 1.72. The fourth-order valence-corrected chi connectivity index (χ4v) is 2.03. The van der Waals surface area contributed by atoms with Crippen molar-refractivity contribution in [2.24, 2.45) is 5.41 Å². The van der Waals surface area contributed by atoms with Crippen molar-refractivity contribution in [1.29, 1.82) is 0 Å². The van der Waals surface area contributed by atoms with Gasteiger partial charge >= 0.3 is 5.97 Å². The van der Waals surface area contributed by atoms with Crippen LogP contribution in [0.3, 0.4) is 0 Å². The van der Waals surface area contributed by atoms with Crippen LogP contribution in [-0.2, 0) is 4.79 Å². The normalized spacial score (nSPS) is 44.2. The molecule has 2 N–H and O–H groups in total. The molecular formula is C7H11NO2. The predicted molar refractivity (Wildman–Crippen MR) is 35.7 cm³/mol. The van der Waals surface area contributed by atoms with E-state index in [9.17, 15) is 4.79 Å². The molecule has 10 heavy (non-hydrogen) atoms. The standard InChI is InChI=1S/C7H11NO2/c9-6(10)7-1-2-8-5(3-7)4-7/h5,8H,1-4H2,(H,9,10). The average Bonchev–Trinajstić information content (AvgIpc) is 1.87. The number of carbonyl (C=O) groups is 1. The average molecular weight is 141 g/mol. The second-order valence-electron chi connectivity index (χ2n) is 3.39. The van der Waals surface area contributed by atoms with Crippen LogP contribution in [0.15, 0.2) is 0 Å². The molecule has 2 heterocycles. The van der Waals surface area contributed by atoms with Gasteiger partial charge in [-0.05, 0) is 25.8 Å². The van der Waals surface area contributed by atoms with Crippen LogP contribution >= 0.6 is 0 Å². The summed E-state index contributed by atoms with van der Waals surface area (Å²) in [7, 11) is 0. The molecule has 3 aliphatic rings. The molecule has 0 atom stereocenters. The van der Waals surface area contributed by atoms with E-state index in [0.29, 0.717) is 6.04 Å². The molecule has 0 aromatic rings. The molecule has 2 bridgehead atoms. The first kappa shape index (κ1) is 6.16. The first-order chi connectivity index (χ1) is 4.73. The Bertz CT molecular complexity index is 167. The monoisotopic (exact) mass is 141 g/mol. The molecule has 3 fully saturated rings. The topological polar surface area (TPSA) is 49.3 Å². The molecule has 3 nitrogen and oxygen atoms in total. The van der Waals surface area contributed by atoms with E-state index in [2.05, 4.69) is 5.32 Å². The van der Waals surface area contributed by atoms with Crippen molar-refractivity contribution in [3.8, 4) is 0 Å². The lowest BCUT2D eigenvalue weighted by atomic mass is 9.61. The summed E-state index contributed by atoms with van der Waals surface area (Å²) in [6.45, 7) is 0.886. The van der Waals surface area contributed by atoms with Gasteiger partial charge in [-0.1, -0.05) is 0 Å². The molecular weight excluding hydrogens is 130 g/mol. The van der Waals surface area contributed by atoms with Crippen molar-refractivity contribution in [1.82, 2.24) is 5.32 Å². The summed E-state index contributed by atoms with van der Waals surface area (Å²) in [5, 5.41) is 12.1. The molecule has 0 aromatic heterocycles. The number of rotatable bonds is 1. The molecule has 1 saturated carbocycles. The minimum absolute atomic E-state index is 0.323. The third-order valence-corrected chi connectivity index (χ3v) is 2.76. The predicted octanol–water partition coefficient (Wildman–Crippen LogP) is 0.213. The number of carboxylic acids is 1. The highest BCUT2D eigenvalue weighted by molar-refractivity contribution is 5.76. The Morgan fingerprint density at radius 1 is 1.60 bits per heavy atom. The summed E-state index contributed by atoms with van der Waals surface area (Å²) in [6, 6.07) is 0.504. The van der Waals surface area contributed by atoms with Gasteiger partial charge in [-0.25, -0.2) is 0 Å². The van der Waals surface area contributed by atoms with Crippen LogP contribution < -0.4 is 5.32 Å². The lowest BCUT2D eigenvalue weighted by Crippen LogP contribution is -2.59. The zero-order chi connectivity index (χ0) is 7.19. The summed E-state index contributed by atoms with van der Waals surface area (Å²) >= 11 is 0. The van der Waals surface area contributed by atoms with Gasteiger partial charge in [0.1, 0.15) is 0 Å². The number of carboxylic acid groups (broad SMARTS) is 1. The first-order valence-corrected chi connectivity index (χ1v) is 3.70. The van der Waals surface area contributed by atoms with E-state index < -0.39 is 5.97 Å². The number of hydrogen-bond donors (Lipinski definition) is 2. The third-order valence-electron chi connectivity index (χ3n) is 2.76. The maximum absolute atomic E-state index is 10.7. The van der Waals surface area contributed by atoms with Gasteiger partial charge in [0.25, 0.3) is 0 Å². The Balaban J connectivity index is 2.12. The maximum Gasteiger partial charge on any atom is 0.309 e. The van der Waals surface area contributed by atoms with Crippen LogP contribution in [0.5, 0.6) is 0 Å². The van der Waals surface area contributed by atoms with Crippen LogP contribution in [0.2, 0.25) is 0 Å². The van der Waals surface area contributed by atoms with E-state index in [1.54, 1.807) is 0 Å². The van der Waals surface area contributed by atoms with Crippen LogP contribution in [0.1, 0.15) is 19.3 Å². The van der Waals surface area contributed by atoms with Crippen molar-refractivity contribution in [3.63, 3.8) is 0 Å². The lowest BCUT2D eigenvalue weighted by Gasteiger charge is -2.49. The van der Waals surface area contributed by atoms with Crippen molar-refractivity contribution in [3.05, 3.63) is 0 Å². The Labute approximate surface area is 59.4 Å². The molecule has 56 valence electrons. The van der Waals surface area contributed by atoms with Gasteiger partial charge in [0, 0.05) is 6.04 Å². The van der Waals surface area contributed by atoms with Gasteiger partial charge in [0.2, 0.25) is 0 Å². The van der Waals surface area contributed by atoms with Crippen molar-refractivity contribution < 1.29 is 9.90 Å². The van der Waals surface area contributed by atoms with E-state index >= 15 is 0 Å². The van der Waals surface area contributed by atoms with E-state index in [1.807, 2.05) is 0 Å². The molecule has 3 rings (SSSR count). The van der Waals surface area contributed by atoms with Crippen molar-refractivity contribution >= 4 is 5.97 Å². The molecule has 2 saturated heterocycles. The SMILES string of the molecule is O=C(O)C12CCNC(C1)C2. The van der Waals surface area contributed by atoms with Gasteiger partial charge < -0.3 is 10.4 Å². The quantitative estimate of drug-likeness (QED) is 0.549. The van der Waals surface area contributed by atoms with Crippen molar-refractivity contribution in [2.45, 2.75) is 25.3 Å². The Kier molecular flexibility index (Phi) is 1.06. The number of aliphatic carboxylic acids is 1. The molecule has 1 aliphatic carbocycles. The zero-order valence-electron chi connectivity index (χ0n) is 5.76. The van der Waals surface area contributed by atoms with Gasteiger partial charge in [-0.15, -0.1) is 0 Å². The minimum Gasteiger partial charge on any atom is -0.481 e. The lowest BCUT2D eigenvalue weighted by molar-refractivity contribution is -0.159. The fourth-order valence-electron chi connectivity index (χ4n) is 2.03. The third kappa shape index (κ3) is 0.611. The highest BCUT2D eigenvalue weighted by Gasteiger charge is 2.52. The molecule has 0 unspecified atom stereocenters. The number of hydrogen-bond acceptors (Lipinski definition) is 2. The smallest absolute Gasteiger partial charge is 0.309 e. The van der Waals surface area contributed by atoms with Crippen LogP contribution in [0, 0.1) is 5.41 Å². The van der Waals surface area contributed by atoms with E-state index in [4.69, 9.17) is 5.11 Å². The van der Waals surface area contributed by atoms with Crippen LogP contribution in [0.4, 0.5) is 0 Å². The Morgan fingerprint density at radius 2 is 2.30 bits per heavy atom. The fraction of sp³-hybridized carbons (Fsp3) is 0.857. The molecule has 0 aromatic carbocycles. The number of piperidine rings is 2. The zero-order valence-corrected chi connectivity index (χ0v) is 5.76. The Morgan fingerprint density at radius 3 is 2.60 bits per heavy atom. The summed E-state index contributed by atoms with van der Waals surface area (Å²) in [4.78, 5) is 10.7.